The second-order valence-electron chi connectivity index (χ2n) is 5.10. The van der Waals surface area contributed by atoms with E-state index in [1.165, 1.54) is 11.4 Å². The minimum atomic E-state index is -3.53. The van der Waals surface area contributed by atoms with Crippen molar-refractivity contribution in [3.8, 4) is 5.75 Å². The lowest BCUT2D eigenvalue weighted by atomic mass is 9.99. The quantitative estimate of drug-likeness (QED) is 0.790. The molecule has 1 saturated heterocycles. The average molecular weight is 378 g/mol. The highest BCUT2D eigenvalue weighted by atomic mass is 79.9. The van der Waals surface area contributed by atoms with Crippen LogP contribution in [0.5, 0.6) is 5.75 Å². The fourth-order valence-corrected chi connectivity index (χ4v) is 4.71. The molecule has 0 saturated carbocycles. The van der Waals surface area contributed by atoms with Crippen molar-refractivity contribution in [3.05, 3.63) is 22.7 Å². The van der Waals surface area contributed by atoms with Gasteiger partial charge in [0.25, 0.3) is 0 Å². The summed E-state index contributed by atoms with van der Waals surface area (Å²) in [5.74, 6) is 0.808. The lowest BCUT2D eigenvalue weighted by Crippen LogP contribution is -2.39. The van der Waals surface area contributed by atoms with Gasteiger partial charge in [0.05, 0.1) is 7.11 Å². The number of nitrogens with zero attached hydrogens (tertiary/aromatic N) is 1. The van der Waals surface area contributed by atoms with Gasteiger partial charge in [-0.2, -0.15) is 4.31 Å². The second kappa shape index (κ2) is 7.09. The molecule has 0 aliphatic carbocycles. The molecule has 1 aliphatic rings. The van der Waals surface area contributed by atoms with Crippen LogP contribution in [0.1, 0.15) is 12.8 Å². The first kappa shape index (κ1) is 16.7. The van der Waals surface area contributed by atoms with E-state index in [1.807, 2.05) is 0 Å². The van der Waals surface area contributed by atoms with Crippen molar-refractivity contribution in [1.29, 1.82) is 0 Å². The molecule has 1 aromatic carbocycles. The first-order valence-electron chi connectivity index (χ1n) is 6.81. The van der Waals surface area contributed by atoms with Gasteiger partial charge in [0.2, 0.25) is 10.0 Å². The first-order valence-corrected chi connectivity index (χ1v) is 9.05. The zero-order valence-corrected chi connectivity index (χ0v) is 14.6. The SMILES string of the molecule is COCC1CCN(S(=O)(=O)c2cc(Br)ccc2OC)CC1. The molecule has 7 heteroatoms. The third kappa shape index (κ3) is 3.77. The Bertz CT molecular complexity index is 583. The summed E-state index contributed by atoms with van der Waals surface area (Å²) in [6.45, 7) is 1.73. The first-order chi connectivity index (χ1) is 9.98. The van der Waals surface area contributed by atoms with E-state index in [0.717, 1.165) is 17.3 Å². The van der Waals surface area contributed by atoms with Crippen molar-refractivity contribution in [2.75, 3.05) is 33.9 Å². The fourth-order valence-electron chi connectivity index (χ4n) is 2.54. The topological polar surface area (TPSA) is 55.8 Å². The molecule has 21 heavy (non-hydrogen) atoms. The van der Waals surface area contributed by atoms with Crippen LogP contribution in [0.4, 0.5) is 0 Å². The van der Waals surface area contributed by atoms with E-state index < -0.39 is 10.0 Å². The molecular formula is C14H20BrNO4S. The van der Waals surface area contributed by atoms with Crippen molar-refractivity contribution in [2.24, 2.45) is 5.92 Å². The van der Waals surface area contributed by atoms with Crippen LogP contribution >= 0.6 is 15.9 Å². The van der Waals surface area contributed by atoms with Gasteiger partial charge in [-0.05, 0) is 37.0 Å². The Balaban J connectivity index is 2.21. The Morgan fingerprint density at radius 3 is 2.52 bits per heavy atom. The number of hydrogen-bond acceptors (Lipinski definition) is 4. The summed E-state index contributed by atoms with van der Waals surface area (Å²) >= 11 is 3.32. The molecule has 0 amide bonds. The van der Waals surface area contributed by atoms with E-state index in [-0.39, 0.29) is 4.90 Å². The Morgan fingerprint density at radius 1 is 1.29 bits per heavy atom. The van der Waals surface area contributed by atoms with Gasteiger partial charge >= 0.3 is 0 Å². The molecule has 1 aromatic rings. The standard InChI is InChI=1S/C14H20BrNO4S/c1-19-10-11-5-7-16(8-6-11)21(17,18)14-9-12(15)3-4-13(14)20-2/h3-4,9,11H,5-8,10H2,1-2H3. The third-order valence-corrected chi connectivity index (χ3v) is 6.13. The normalized spacial score (nSPS) is 17.9. The summed E-state index contributed by atoms with van der Waals surface area (Å²) in [5.41, 5.74) is 0. The Kier molecular flexibility index (Phi) is 5.65. The van der Waals surface area contributed by atoms with Gasteiger partial charge in [0.15, 0.2) is 0 Å². The third-order valence-electron chi connectivity index (χ3n) is 3.72. The molecule has 0 atom stereocenters. The molecule has 0 bridgehead atoms. The zero-order chi connectivity index (χ0) is 15.5. The number of halogens is 1. The molecule has 1 aliphatic heterocycles. The monoisotopic (exact) mass is 377 g/mol. The van der Waals surface area contributed by atoms with Crippen LogP contribution in [0, 0.1) is 5.92 Å². The summed E-state index contributed by atoms with van der Waals surface area (Å²) in [6.07, 6.45) is 1.65. The second-order valence-corrected chi connectivity index (χ2v) is 7.92. The van der Waals surface area contributed by atoms with E-state index in [4.69, 9.17) is 9.47 Å². The number of ether oxygens (including phenoxy) is 2. The van der Waals surface area contributed by atoms with E-state index in [9.17, 15) is 8.42 Å². The van der Waals surface area contributed by atoms with Gasteiger partial charge in [0.1, 0.15) is 10.6 Å². The molecule has 1 heterocycles. The van der Waals surface area contributed by atoms with Crippen LogP contribution in [-0.2, 0) is 14.8 Å². The summed E-state index contributed by atoms with van der Waals surface area (Å²) in [7, 11) is -0.373. The molecule has 2 rings (SSSR count). The summed E-state index contributed by atoms with van der Waals surface area (Å²) in [6, 6.07) is 5.02. The molecule has 0 radical (unpaired) electrons. The lowest BCUT2D eigenvalue weighted by molar-refractivity contribution is 0.121. The van der Waals surface area contributed by atoms with Crippen LogP contribution in [-0.4, -0.2) is 46.6 Å². The van der Waals surface area contributed by atoms with E-state index in [2.05, 4.69) is 15.9 Å². The molecule has 118 valence electrons. The summed E-state index contributed by atoms with van der Waals surface area (Å²) < 4.78 is 38.1. The highest BCUT2D eigenvalue weighted by molar-refractivity contribution is 9.10. The van der Waals surface area contributed by atoms with Crippen LogP contribution in [0.25, 0.3) is 0 Å². The Labute approximate surface area is 134 Å². The molecule has 0 aromatic heterocycles. The molecule has 1 fully saturated rings. The van der Waals surface area contributed by atoms with Crippen molar-refractivity contribution in [3.63, 3.8) is 0 Å². The van der Waals surface area contributed by atoms with E-state index >= 15 is 0 Å². The number of methoxy groups -OCH3 is 2. The summed E-state index contributed by atoms with van der Waals surface area (Å²) in [5, 5.41) is 0. The van der Waals surface area contributed by atoms with Gasteiger partial charge in [0, 0.05) is 31.3 Å². The maximum absolute atomic E-state index is 12.8. The van der Waals surface area contributed by atoms with Crippen molar-refractivity contribution in [1.82, 2.24) is 4.31 Å². The van der Waals surface area contributed by atoms with Crippen molar-refractivity contribution < 1.29 is 17.9 Å². The smallest absolute Gasteiger partial charge is 0.246 e. The number of rotatable bonds is 5. The zero-order valence-electron chi connectivity index (χ0n) is 12.2. The molecule has 5 nitrogen and oxygen atoms in total. The van der Waals surface area contributed by atoms with E-state index in [0.29, 0.717) is 31.4 Å². The fraction of sp³-hybridized carbons (Fsp3) is 0.571. The minimum absolute atomic E-state index is 0.213. The largest absolute Gasteiger partial charge is 0.495 e. The van der Waals surface area contributed by atoms with Crippen molar-refractivity contribution >= 4 is 26.0 Å². The number of benzene rings is 1. The maximum atomic E-state index is 12.8. The van der Waals surface area contributed by atoms with Crippen LogP contribution in [0.15, 0.2) is 27.6 Å². The van der Waals surface area contributed by atoms with E-state index in [1.54, 1.807) is 25.3 Å². The number of sulfonamides is 1. The number of hydrogen-bond donors (Lipinski definition) is 0. The minimum Gasteiger partial charge on any atom is -0.495 e. The van der Waals surface area contributed by atoms with Crippen molar-refractivity contribution in [2.45, 2.75) is 17.7 Å². The number of piperidine rings is 1. The highest BCUT2D eigenvalue weighted by Crippen LogP contribution is 2.31. The van der Waals surface area contributed by atoms with Gasteiger partial charge in [-0.3, -0.25) is 0 Å². The lowest BCUT2D eigenvalue weighted by Gasteiger charge is -2.31. The van der Waals surface area contributed by atoms with Crippen LogP contribution in [0.3, 0.4) is 0 Å². The van der Waals surface area contributed by atoms with Gasteiger partial charge in [-0.25, -0.2) is 8.42 Å². The van der Waals surface area contributed by atoms with Gasteiger partial charge < -0.3 is 9.47 Å². The van der Waals surface area contributed by atoms with Crippen LogP contribution < -0.4 is 4.74 Å². The summed E-state index contributed by atoms with van der Waals surface area (Å²) in [4.78, 5) is 0.213. The Hall–Kier alpha value is -0.630. The molecular weight excluding hydrogens is 358 g/mol. The average Bonchev–Trinajstić information content (AvgIpc) is 2.48. The highest BCUT2D eigenvalue weighted by Gasteiger charge is 2.31. The van der Waals surface area contributed by atoms with Crippen LogP contribution in [0.2, 0.25) is 0 Å². The van der Waals surface area contributed by atoms with Gasteiger partial charge in [-0.15, -0.1) is 0 Å². The van der Waals surface area contributed by atoms with Gasteiger partial charge in [-0.1, -0.05) is 15.9 Å². The molecule has 0 unspecified atom stereocenters. The Morgan fingerprint density at radius 2 is 1.95 bits per heavy atom. The predicted molar refractivity (Wildman–Crippen MR) is 84.1 cm³/mol. The molecule has 0 spiro atoms. The molecule has 0 N–H and O–H groups in total. The maximum Gasteiger partial charge on any atom is 0.246 e. The predicted octanol–water partition coefficient (Wildman–Crippen LogP) is 2.50.